The van der Waals surface area contributed by atoms with Crippen LogP contribution in [0.2, 0.25) is 0 Å². The first-order chi connectivity index (χ1) is 7.34. The molecule has 15 heavy (non-hydrogen) atoms. The van der Waals surface area contributed by atoms with Crippen LogP contribution < -0.4 is 10.6 Å². The van der Waals surface area contributed by atoms with E-state index in [0.29, 0.717) is 12.4 Å². The fourth-order valence-corrected chi connectivity index (χ4v) is 0.998. The maximum Gasteiger partial charge on any atom is 0.320 e. The van der Waals surface area contributed by atoms with Gasteiger partial charge in [0.25, 0.3) is 0 Å². The number of nitrogens with one attached hydrogen (secondary N) is 3. The zero-order valence-corrected chi connectivity index (χ0v) is 7.73. The Morgan fingerprint density at radius 2 is 2.53 bits per heavy atom. The third-order valence-electron chi connectivity index (χ3n) is 1.69. The summed E-state index contributed by atoms with van der Waals surface area (Å²) >= 11 is 0. The average Bonchev–Trinajstić information content (AvgIpc) is 2.86. The molecule has 2 aromatic rings. The molecule has 0 aliphatic carbocycles. The summed E-state index contributed by atoms with van der Waals surface area (Å²) in [5.41, 5.74) is 0.894. The van der Waals surface area contributed by atoms with Gasteiger partial charge in [0.15, 0.2) is 5.82 Å². The Morgan fingerprint density at radius 3 is 3.20 bits per heavy atom. The van der Waals surface area contributed by atoms with Crippen LogP contribution >= 0.6 is 0 Å². The lowest BCUT2D eigenvalue weighted by Gasteiger charge is -2.02. The predicted molar refractivity (Wildman–Crippen MR) is 50.9 cm³/mol. The summed E-state index contributed by atoms with van der Waals surface area (Å²) in [7, 11) is 0. The van der Waals surface area contributed by atoms with E-state index >= 15 is 0 Å². The van der Waals surface area contributed by atoms with Crippen LogP contribution in [0, 0.1) is 0 Å². The lowest BCUT2D eigenvalue weighted by Crippen LogP contribution is -2.28. The number of aromatic amines is 1. The molecule has 0 aliphatic rings. The van der Waals surface area contributed by atoms with Crippen LogP contribution in [0.15, 0.2) is 29.2 Å². The van der Waals surface area contributed by atoms with Crippen LogP contribution in [-0.2, 0) is 6.54 Å². The molecule has 0 saturated carbocycles. The first-order valence-corrected chi connectivity index (χ1v) is 4.26. The highest BCUT2D eigenvalue weighted by Crippen LogP contribution is 1.99. The number of furan rings is 1. The second-order valence-electron chi connectivity index (χ2n) is 2.79. The molecule has 0 saturated heterocycles. The monoisotopic (exact) mass is 207 g/mol. The quantitative estimate of drug-likeness (QED) is 0.690. The normalized spacial score (nSPS) is 9.87. The molecule has 78 valence electrons. The van der Waals surface area contributed by atoms with E-state index in [1.807, 2.05) is 0 Å². The topological polar surface area (TPSA) is 95.8 Å². The van der Waals surface area contributed by atoms with E-state index in [9.17, 15) is 4.79 Å². The Hall–Kier alpha value is -2.31. The molecule has 0 atom stereocenters. The zero-order valence-electron chi connectivity index (χ0n) is 7.73. The molecular weight excluding hydrogens is 198 g/mol. The standard InChI is InChI=1S/C8H9N5O2/c14-8(11-7-4-10-13-12-7)9-3-6-1-2-15-5-6/h1-2,4-5H,3H2,(H3,9,10,11,12,13,14). The van der Waals surface area contributed by atoms with Gasteiger partial charge in [-0.2, -0.15) is 10.3 Å². The van der Waals surface area contributed by atoms with Gasteiger partial charge in [0.05, 0.1) is 18.7 Å². The first kappa shape index (κ1) is 9.25. The predicted octanol–water partition coefficient (Wildman–Crippen LogP) is 0.719. The van der Waals surface area contributed by atoms with Gasteiger partial charge in [-0.25, -0.2) is 4.79 Å². The van der Waals surface area contributed by atoms with Crippen LogP contribution in [0.4, 0.5) is 10.6 Å². The van der Waals surface area contributed by atoms with Crippen molar-refractivity contribution in [1.29, 1.82) is 0 Å². The highest BCUT2D eigenvalue weighted by molar-refractivity contribution is 5.87. The van der Waals surface area contributed by atoms with E-state index in [1.54, 1.807) is 18.6 Å². The van der Waals surface area contributed by atoms with Crippen molar-refractivity contribution in [3.63, 3.8) is 0 Å². The number of hydrogen-bond acceptors (Lipinski definition) is 4. The van der Waals surface area contributed by atoms with Gasteiger partial charge < -0.3 is 9.73 Å². The Kier molecular flexibility index (Phi) is 2.63. The number of carbonyl (C=O) groups is 1. The largest absolute Gasteiger partial charge is 0.472 e. The van der Waals surface area contributed by atoms with E-state index in [0.717, 1.165) is 5.56 Å². The van der Waals surface area contributed by atoms with Crippen LogP contribution in [0.1, 0.15) is 5.56 Å². The minimum absolute atomic E-state index is 0.342. The third kappa shape index (κ3) is 2.56. The van der Waals surface area contributed by atoms with Crippen LogP contribution in [0.25, 0.3) is 0 Å². The first-order valence-electron chi connectivity index (χ1n) is 4.26. The van der Waals surface area contributed by atoms with Gasteiger partial charge in [-0.15, -0.1) is 5.10 Å². The van der Waals surface area contributed by atoms with Crippen LogP contribution in [-0.4, -0.2) is 21.4 Å². The lowest BCUT2D eigenvalue weighted by atomic mass is 10.3. The fraction of sp³-hybridized carbons (Fsp3) is 0.125. The van der Waals surface area contributed by atoms with Crippen molar-refractivity contribution in [2.45, 2.75) is 6.54 Å². The van der Waals surface area contributed by atoms with Gasteiger partial charge >= 0.3 is 6.03 Å². The van der Waals surface area contributed by atoms with Crippen molar-refractivity contribution in [2.75, 3.05) is 5.32 Å². The van der Waals surface area contributed by atoms with Crippen molar-refractivity contribution in [3.05, 3.63) is 30.4 Å². The number of rotatable bonds is 3. The summed E-state index contributed by atoms with van der Waals surface area (Å²) in [4.78, 5) is 11.3. The lowest BCUT2D eigenvalue weighted by molar-refractivity contribution is 0.251. The van der Waals surface area contributed by atoms with E-state index in [1.165, 1.54) is 6.20 Å². The van der Waals surface area contributed by atoms with Gasteiger partial charge in [-0.1, -0.05) is 0 Å². The molecule has 0 spiro atoms. The minimum atomic E-state index is -0.342. The third-order valence-corrected chi connectivity index (χ3v) is 1.69. The van der Waals surface area contributed by atoms with E-state index in [-0.39, 0.29) is 6.03 Å². The summed E-state index contributed by atoms with van der Waals surface area (Å²) in [6.45, 7) is 0.403. The van der Waals surface area contributed by atoms with E-state index in [4.69, 9.17) is 4.42 Å². The summed E-state index contributed by atoms with van der Waals surface area (Å²) in [6, 6.07) is 1.43. The van der Waals surface area contributed by atoms with Crippen molar-refractivity contribution in [3.8, 4) is 0 Å². The molecule has 2 rings (SSSR count). The Bertz CT molecular complexity index is 408. The van der Waals surface area contributed by atoms with Crippen LogP contribution in [0.5, 0.6) is 0 Å². The second-order valence-corrected chi connectivity index (χ2v) is 2.79. The maximum absolute atomic E-state index is 11.3. The van der Waals surface area contributed by atoms with Crippen LogP contribution in [0.3, 0.4) is 0 Å². The SMILES string of the molecule is O=C(NCc1ccoc1)Nc1cn[nH]n1. The highest BCUT2D eigenvalue weighted by Gasteiger charge is 2.03. The Morgan fingerprint density at radius 1 is 1.60 bits per heavy atom. The van der Waals surface area contributed by atoms with Gasteiger partial charge in [0.2, 0.25) is 0 Å². The average molecular weight is 207 g/mol. The molecule has 0 aliphatic heterocycles. The number of carbonyl (C=O) groups excluding carboxylic acids is 1. The van der Waals surface area contributed by atoms with Gasteiger partial charge in [0, 0.05) is 12.1 Å². The molecule has 2 aromatic heterocycles. The molecule has 2 amide bonds. The maximum atomic E-state index is 11.3. The number of hydrogen-bond donors (Lipinski definition) is 3. The Balaban J connectivity index is 1.78. The van der Waals surface area contributed by atoms with Crippen molar-refractivity contribution in [1.82, 2.24) is 20.7 Å². The van der Waals surface area contributed by atoms with Crippen molar-refractivity contribution >= 4 is 11.8 Å². The smallest absolute Gasteiger partial charge is 0.320 e. The van der Waals surface area contributed by atoms with Crippen molar-refractivity contribution < 1.29 is 9.21 Å². The number of urea groups is 1. The molecule has 0 unspecified atom stereocenters. The minimum Gasteiger partial charge on any atom is -0.472 e. The number of nitrogens with zero attached hydrogens (tertiary/aromatic N) is 2. The van der Waals surface area contributed by atoms with Gasteiger partial charge in [-0.05, 0) is 6.07 Å². The molecule has 3 N–H and O–H groups in total. The molecule has 0 radical (unpaired) electrons. The summed E-state index contributed by atoms with van der Waals surface area (Å²) in [5, 5.41) is 14.7. The number of anilines is 1. The van der Waals surface area contributed by atoms with E-state index in [2.05, 4.69) is 26.0 Å². The number of aromatic nitrogens is 3. The summed E-state index contributed by atoms with van der Waals surface area (Å²) in [6.07, 6.45) is 4.53. The molecule has 7 heteroatoms. The zero-order chi connectivity index (χ0) is 10.5. The van der Waals surface area contributed by atoms with Crippen molar-refractivity contribution in [2.24, 2.45) is 0 Å². The molecule has 7 nitrogen and oxygen atoms in total. The van der Waals surface area contributed by atoms with Gasteiger partial charge in [0.1, 0.15) is 0 Å². The molecular formula is C8H9N5O2. The highest BCUT2D eigenvalue weighted by atomic mass is 16.3. The second kappa shape index (κ2) is 4.27. The van der Waals surface area contributed by atoms with E-state index < -0.39 is 0 Å². The molecule has 0 aromatic carbocycles. The molecule has 0 bridgehead atoms. The summed E-state index contributed by atoms with van der Waals surface area (Å²) < 4.78 is 4.85. The van der Waals surface area contributed by atoms with Gasteiger partial charge in [-0.3, -0.25) is 5.32 Å². The Labute approximate surface area is 84.9 Å². The molecule has 0 fully saturated rings. The fourth-order valence-electron chi connectivity index (χ4n) is 0.998. The number of amides is 2. The molecule has 2 heterocycles. The summed E-state index contributed by atoms with van der Waals surface area (Å²) in [5.74, 6) is 0.375. The number of H-pyrrole nitrogens is 1.